The summed E-state index contributed by atoms with van der Waals surface area (Å²) in [6.45, 7) is 5.29. The second-order valence-corrected chi connectivity index (χ2v) is 4.84. The van der Waals surface area contributed by atoms with E-state index < -0.39 is 0 Å². The zero-order valence-electron chi connectivity index (χ0n) is 9.85. The number of rotatable bonds is 3. The van der Waals surface area contributed by atoms with Crippen LogP contribution in [0.25, 0.3) is 0 Å². The molecule has 0 saturated carbocycles. The second-order valence-electron chi connectivity index (χ2n) is 3.90. The summed E-state index contributed by atoms with van der Waals surface area (Å²) in [5.41, 5.74) is 0.928. The third kappa shape index (κ3) is 3.67. The van der Waals surface area contributed by atoms with Crippen LogP contribution in [0.15, 0.2) is 17.4 Å². The van der Waals surface area contributed by atoms with Gasteiger partial charge in [-0.2, -0.15) is 0 Å². The molecule has 0 radical (unpaired) electrons. The van der Waals surface area contributed by atoms with Gasteiger partial charge in [-0.25, -0.2) is 9.97 Å². The monoisotopic (exact) mass is 252 g/mol. The van der Waals surface area contributed by atoms with Gasteiger partial charge < -0.3 is 10.2 Å². The maximum absolute atomic E-state index is 11.9. The van der Waals surface area contributed by atoms with E-state index >= 15 is 0 Å². The van der Waals surface area contributed by atoms with Crippen molar-refractivity contribution in [1.82, 2.24) is 20.2 Å². The van der Waals surface area contributed by atoms with E-state index in [2.05, 4.69) is 15.3 Å². The first-order valence-electron chi connectivity index (χ1n) is 5.66. The Kier molecular flexibility index (Phi) is 4.33. The lowest BCUT2D eigenvalue weighted by molar-refractivity contribution is -0.128. The van der Waals surface area contributed by atoms with Crippen LogP contribution in [0.5, 0.6) is 0 Å². The van der Waals surface area contributed by atoms with Crippen molar-refractivity contribution in [3.8, 4) is 0 Å². The molecule has 1 aliphatic rings. The molecule has 1 aromatic rings. The van der Waals surface area contributed by atoms with E-state index in [0.29, 0.717) is 10.9 Å². The third-order valence-electron chi connectivity index (χ3n) is 2.57. The molecule has 1 amide bonds. The van der Waals surface area contributed by atoms with E-state index in [1.165, 1.54) is 11.8 Å². The Hall–Kier alpha value is -1.14. The van der Waals surface area contributed by atoms with E-state index in [1.54, 1.807) is 6.20 Å². The molecule has 1 aliphatic heterocycles. The summed E-state index contributed by atoms with van der Waals surface area (Å²) in [6, 6.07) is 1.85. The number of hydrogen-bond donors (Lipinski definition) is 1. The molecule has 0 bridgehead atoms. The molecule has 1 saturated heterocycles. The van der Waals surface area contributed by atoms with Crippen LogP contribution in [0.2, 0.25) is 0 Å². The van der Waals surface area contributed by atoms with Crippen molar-refractivity contribution >= 4 is 17.7 Å². The van der Waals surface area contributed by atoms with Crippen LogP contribution in [0.4, 0.5) is 0 Å². The van der Waals surface area contributed by atoms with Crippen LogP contribution in [-0.2, 0) is 4.79 Å². The molecule has 0 spiro atoms. The summed E-state index contributed by atoms with van der Waals surface area (Å²) in [5.74, 6) is 0.588. The fraction of sp³-hybridized carbons (Fsp3) is 0.545. The number of aryl methyl sites for hydroxylation is 1. The fourth-order valence-electron chi connectivity index (χ4n) is 1.63. The van der Waals surface area contributed by atoms with Crippen molar-refractivity contribution in [2.24, 2.45) is 0 Å². The number of amides is 1. The van der Waals surface area contributed by atoms with Gasteiger partial charge in [0.1, 0.15) is 0 Å². The number of piperazine rings is 1. The summed E-state index contributed by atoms with van der Waals surface area (Å²) in [5, 5.41) is 3.90. The summed E-state index contributed by atoms with van der Waals surface area (Å²) >= 11 is 1.40. The fourth-order valence-corrected chi connectivity index (χ4v) is 2.41. The highest BCUT2D eigenvalue weighted by Crippen LogP contribution is 2.13. The highest BCUT2D eigenvalue weighted by atomic mass is 32.2. The summed E-state index contributed by atoms with van der Waals surface area (Å²) in [7, 11) is 0. The Balaban J connectivity index is 1.83. The molecule has 17 heavy (non-hydrogen) atoms. The molecule has 0 aliphatic carbocycles. The van der Waals surface area contributed by atoms with E-state index in [0.717, 1.165) is 31.9 Å². The normalized spacial score (nSPS) is 15.9. The van der Waals surface area contributed by atoms with Crippen LogP contribution in [-0.4, -0.2) is 52.7 Å². The largest absolute Gasteiger partial charge is 0.339 e. The van der Waals surface area contributed by atoms with Gasteiger partial charge in [-0.1, -0.05) is 11.8 Å². The average molecular weight is 252 g/mol. The first-order valence-corrected chi connectivity index (χ1v) is 6.65. The average Bonchev–Trinajstić information content (AvgIpc) is 2.37. The molecular formula is C11H16N4OS. The first-order chi connectivity index (χ1) is 8.25. The number of carbonyl (C=O) groups excluding carboxylic acids is 1. The lowest BCUT2D eigenvalue weighted by Crippen LogP contribution is -2.47. The Morgan fingerprint density at radius 1 is 1.53 bits per heavy atom. The molecule has 1 fully saturated rings. The van der Waals surface area contributed by atoms with Crippen LogP contribution in [0.1, 0.15) is 5.69 Å². The van der Waals surface area contributed by atoms with Gasteiger partial charge >= 0.3 is 0 Å². The van der Waals surface area contributed by atoms with Crippen molar-refractivity contribution in [3.63, 3.8) is 0 Å². The van der Waals surface area contributed by atoms with Crippen LogP contribution < -0.4 is 5.32 Å². The maximum atomic E-state index is 11.9. The Morgan fingerprint density at radius 2 is 2.29 bits per heavy atom. The second kappa shape index (κ2) is 5.97. The van der Waals surface area contributed by atoms with Crippen molar-refractivity contribution in [2.45, 2.75) is 12.1 Å². The van der Waals surface area contributed by atoms with Gasteiger partial charge in [0.2, 0.25) is 5.91 Å². The lowest BCUT2D eigenvalue weighted by atomic mass is 10.3. The molecule has 6 heteroatoms. The maximum Gasteiger partial charge on any atom is 0.233 e. The van der Waals surface area contributed by atoms with Crippen molar-refractivity contribution in [1.29, 1.82) is 0 Å². The zero-order valence-corrected chi connectivity index (χ0v) is 10.7. The van der Waals surface area contributed by atoms with Crippen molar-refractivity contribution in [2.75, 3.05) is 31.9 Å². The number of thioether (sulfide) groups is 1. The molecule has 2 heterocycles. The van der Waals surface area contributed by atoms with Gasteiger partial charge in [0, 0.05) is 38.1 Å². The summed E-state index contributed by atoms with van der Waals surface area (Å²) in [6.07, 6.45) is 1.72. The van der Waals surface area contributed by atoms with Crippen LogP contribution >= 0.6 is 11.8 Å². The molecule has 92 valence electrons. The van der Waals surface area contributed by atoms with Gasteiger partial charge in [0.15, 0.2) is 5.16 Å². The quantitative estimate of drug-likeness (QED) is 0.620. The number of nitrogens with zero attached hydrogens (tertiary/aromatic N) is 3. The van der Waals surface area contributed by atoms with E-state index in [1.807, 2.05) is 17.9 Å². The van der Waals surface area contributed by atoms with E-state index in [9.17, 15) is 4.79 Å². The molecule has 0 unspecified atom stereocenters. The van der Waals surface area contributed by atoms with Gasteiger partial charge in [-0.05, 0) is 13.0 Å². The molecule has 1 N–H and O–H groups in total. The molecular weight excluding hydrogens is 236 g/mol. The van der Waals surface area contributed by atoms with Gasteiger partial charge in [-0.15, -0.1) is 0 Å². The number of carbonyl (C=O) groups is 1. The van der Waals surface area contributed by atoms with Gasteiger partial charge in [-0.3, -0.25) is 4.79 Å². The molecule has 2 rings (SSSR count). The summed E-state index contributed by atoms with van der Waals surface area (Å²) in [4.78, 5) is 22.2. The Labute approximate surface area is 105 Å². The molecule has 0 aromatic carbocycles. The summed E-state index contributed by atoms with van der Waals surface area (Å²) < 4.78 is 0. The SMILES string of the molecule is Cc1ccnc(SCC(=O)N2CCNCC2)n1. The van der Waals surface area contributed by atoms with E-state index in [-0.39, 0.29) is 5.91 Å². The molecule has 1 aromatic heterocycles. The molecule has 5 nitrogen and oxygen atoms in total. The smallest absolute Gasteiger partial charge is 0.233 e. The predicted molar refractivity (Wildman–Crippen MR) is 66.9 cm³/mol. The highest BCUT2D eigenvalue weighted by Gasteiger charge is 2.16. The van der Waals surface area contributed by atoms with Crippen molar-refractivity contribution < 1.29 is 4.79 Å². The first kappa shape index (κ1) is 12.3. The minimum absolute atomic E-state index is 0.168. The molecule has 0 atom stereocenters. The Morgan fingerprint density at radius 3 is 3.00 bits per heavy atom. The Bertz CT molecular complexity index is 393. The van der Waals surface area contributed by atoms with Crippen LogP contribution in [0.3, 0.4) is 0 Å². The highest BCUT2D eigenvalue weighted by molar-refractivity contribution is 7.99. The lowest BCUT2D eigenvalue weighted by Gasteiger charge is -2.27. The third-order valence-corrected chi connectivity index (χ3v) is 3.41. The minimum Gasteiger partial charge on any atom is -0.339 e. The van der Waals surface area contributed by atoms with E-state index in [4.69, 9.17) is 0 Å². The standard InChI is InChI=1S/C11H16N4OS/c1-9-2-3-13-11(14-9)17-8-10(16)15-6-4-12-5-7-15/h2-3,12H,4-8H2,1H3. The zero-order chi connectivity index (χ0) is 12.1. The predicted octanol–water partition coefficient (Wildman–Crippen LogP) is 0.309. The topological polar surface area (TPSA) is 58.1 Å². The van der Waals surface area contributed by atoms with Crippen molar-refractivity contribution in [3.05, 3.63) is 18.0 Å². The number of hydrogen-bond acceptors (Lipinski definition) is 5. The number of aromatic nitrogens is 2. The van der Waals surface area contributed by atoms with Gasteiger partial charge in [0.25, 0.3) is 0 Å². The van der Waals surface area contributed by atoms with Gasteiger partial charge in [0.05, 0.1) is 5.75 Å². The minimum atomic E-state index is 0.168. The number of nitrogens with one attached hydrogen (secondary N) is 1. The van der Waals surface area contributed by atoms with Crippen LogP contribution in [0, 0.1) is 6.92 Å².